The molecule has 172 valence electrons. The lowest BCUT2D eigenvalue weighted by molar-refractivity contribution is -0.136. The third-order valence-corrected chi connectivity index (χ3v) is 6.59. The van der Waals surface area contributed by atoms with Gasteiger partial charge in [-0.1, -0.05) is 65.9 Å². The van der Waals surface area contributed by atoms with E-state index in [9.17, 15) is 14.4 Å². The normalized spacial score (nSPS) is 17.4. The molecule has 0 bridgehead atoms. The van der Waals surface area contributed by atoms with Crippen LogP contribution in [0.15, 0.2) is 79.0 Å². The molecule has 4 aromatic rings. The van der Waals surface area contributed by atoms with Crippen molar-refractivity contribution in [3.8, 4) is 28.1 Å². The van der Waals surface area contributed by atoms with Gasteiger partial charge in [0.2, 0.25) is 11.8 Å². The summed E-state index contributed by atoms with van der Waals surface area (Å²) in [5.74, 6) is -0.947. The van der Waals surface area contributed by atoms with Crippen LogP contribution in [-0.2, 0) is 16.1 Å². The molecular formula is C27H21N5O3. The van der Waals surface area contributed by atoms with Gasteiger partial charge in [-0.3, -0.25) is 19.7 Å². The summed E-state index contributed by atoms with van der Waals surface area (Å²) < 4.78 is 1.68. The highest BCUT2D eigenvalue weighted by molar-refractivity contribution is 6.05. The van der Waals surface area contributed by atoms with Crippen molar-refractivity contribution in [1.29, 1.82) is 0 Å². The summed E-state index contributed by atoms with van der Waals surface area (Å²) in [6, 6.07) is 22.9. The molecule has 0 aliphatic carbocycles. The SMILES string of the molecule is O=C1CCC(N2Cc3c(cccc3-n3cc(-c4ccccc4-c4ccccc4)nn3)C2=O)C(=O)N1. The van der Waals surface area contributed by atoms with Crippen LogP contribution >= 0.6 is 0 Å². The lowest BCUT2D eigenvalue weighted by Gasteiger charge is -2.29. The molecule has 3 heterocycles. The van der Waals surface area contributed by atoms with Gasteiger partial charge in [0, 0.05) is 29.7 Å². The number of rotatable bonds is 4. The predicted molar refractivity (Wildman–Crippen MR) is 128 cm³/mol. The third kappa shape index (κ3) is 3.59. The lowest BCUT2D eigenvalue weighted by atomic mass is 9.98. The smallest absolute Gasteiger partial charge is 0.255 e. The van der Waals surface area contributed by atoms with E-state index in [0.29, 0.717) is 17.7 Å². The van der Waals surface area contributed by atoms with Crippen molar-refractivity contribution in [3.63, 3.8) is 0 Å². The highest BCUT2D eigenvalue weighted by atomic mass is 16.2. The van der Waals surface area contributed by atoms with Crippen molar-refractivity contribution in [2.75, 3.05) is 0 Å². The first kappa shape index (κ1) is 21.0. The first-order chi connectivity index (χ1) is 17.1. The van der Waals surface area contributed by atoms with E-state index in [0.717, 1.165) is 27.9 Å². The van der Waals surface area contributed by atoms with Gasteiger partial charge in [0.15, 0.2) is 0 Å². The quantitative estimate of drug-likeness (QED) is 0.468. The Labute approximate surface area is 201 Å². The lowest BCUT2D eigenvalue weighted by Crippen LogP contribution is -2.52. The molecule has 3 aromatic carbocycles. The van der Waals surface area contributed by atoms with E-state index in [-0.39, 0.29) is 24.8 Å². The van der Waals surface area contributed by atoms with Crippen LogP contribution in [0.2, 0.25) is 0 Å². The molecule has 1 atom stereocenters. The standard InChI is InChI=1S/C27H21N5O3/c33-25-14-13-24(26(34)28-25)31-15-21-20(27(31)35)11-6-12-23(21)32-16-22(29-30-32)19-10-5-4-9-18(19)17-7-2-1-3-8-17/h1-12,16,24H,13-15H2,(H,28,33,34). The van der Waals surface area contributed by atoms with Crippen molar-refractivity contribution >= 4 is 17.7 Å². The Morgan fingerprint density at radius 1 is 0.829 bits per heavy atom. The van der Waals surface area contributed by atoms with Gasteiger partial charge in [0.25, 0.3) is 5.91 Å². The van der Waals surface area contributed by atoms with E-state index in [4.69, 9.17) is 0 Å². The Morgan fingerprint density at radius 2 is 1.57 bits per heavy atom. The monoisotopic (exact) mass is 463 g/mol. The average molecular weight is 463 g/mol. The Morgan fingerprint density at radius 3 is 2.37 bits per heavy atom. The van der Waals surface area contributed by atoms with Gasteiger partial charge in [-0.05, 0) is 29.7 Å². The van der Waals surface area contributed by atoms with Gasteiger partial charge in [-0.25, -0.2) is 4.68 Å². The van der Waals surface area contributed by atoms with E-state index < -0.39 is 11.9 Å². The van der Waals surface area contributed by atoms with Crippen molar-refractivity contribution < 1.29 is 14.4 Å². The van der Waals surface area contributed by atoms with E-state index in [1.54, 1.807) is 21.7 Å². The Hall–Kier alpha value is -4.59. The minimum atomic E-state index is -0.662. The fourth-order valence-electron chi connectivity index (χ4n) is 4.86. The molecule has 8 heteroatoms. The second-order valence-electron chi connectivity index (χ2n) is 8.66. The Kier molecular flexibility index (Phi) is 4.99. The van der Waals surface area contributed by atoms with Crippen molar-refractivity contribution in [2.45, 2.75) is 25.4 Å². The predicted octanol–water partition coefficient (Wildman–Crippen LogP) is 3.36. The number of carbonyl (C=O) groups excluding carboxylic acids is 3. The molecule has 1 aromatic heterocycles. The minimum Gasteiger partial charge on any atom is -0.322 e. The van der Waals surface area contributed by atoms with Crippen LogP contribution in [-0.4, -0.2) is 43.7 Å². The van der Waals surface area contributed by atoms with Gasteiger partial charge in [-0.2, -0.15) is 0 Å². The number of fused-ring (bicyclic) bond motifs is 1. The fourth-order valence-corrected chi connectivity index (χ4v) is 4.86. The number of benzene rings is 3. The molecule has 3 amide bonds. The summed E-state index contributed by atoms with van der Waals surface area (Å²) in [6.45, 7) is 0.270. The Balaban J connectivity index is 1.35. The first-order valence-corrected chi connectivity index (χ1v) is 11.4. The topological polar surface area (TPSA) is 97.2 Å². The molecule has 1 fully saturated rings. The van der Waals surface area contributed by atoms with Crippen LogP contribution in [0.4, 0.5) is 0 Å². The van der Waals surface area contributed by atoms with Crippen LogP contribution in [0.25, 0.3) is 28.1 Å². The van der Waals surface area contributed by atoms with E-state index in [1.807, 2.05) is 48.7 Å². The Bertz CT molecular complexity index is 1480. The van der Waals surface area contributed by atoms with Crippen LogP contribution in [0.1, 0.15) is 28.8 Å². The summed E-state index contributed by atoms with van der Waals surface area (Å²) in [5.41, 5.74) is 5.87. The largest absolute Gasteiger partial charge is 0.322 e. The maximum absolute atomic E-state index is 13.2. The van der Waals surface area contributed by atoms with Crippen molar-refractivity contribution in [3.05, 3.63) is 90.1 Å². The first-order valence-electron chi connectivity index (χ1n) is 11.4. The van der Waals surface area contributed by atoms with E-state index in [2.05, 4.69) is 33.8 Å². The zero-order chi connectivity index (χ0) is 23.9. The summed E-state index contributed by atoms with van der Waals surface area (Å²) in [4.78, 5) is 38.6. The zero-order valence-electron chi connectivity index (χ0n) is 18.7. The molecule has 1 saturated heterocycles. The molecule has 1 unspecified atom stereocenters. The summed E-state index contributed by atoms with van der Waals surface area (Å²) in [6.07, 6.45) is 2.40. The van der Waals surface area contributed by atoms with Crippen LogP contribution < -0.4 is 5.32 Å². The summed E-state index contributed by atoms with van der Waals surface area (Å²) in [5, 5.41) is 11.2. The number of piperidine rings is 1. The maximum Gasteiger partial charge on any atom is 0.255 e. The van der Waals surface area contributed by atoms with Gasteiger partial charge >= 0.3 is 0 Å². The highest BCUT2D eigenvalue weighted by Crippen LogP contribution is 2.33. The van der Waals surface area contributed by atoms with Crippen molar-refractivity contribution in [1.82, 2.24) is 25.2 Å². The van der Waals surface area contributed by atoms with E-state index in [1.165, 1.54) is 0 Å². The molecule has 1 N–H and O–H groups in total. The molecule has 35 heavy (non-hydrogen) atoms. The molecule has 2 aliphatic rings. The van der Waals surface area contributed by atoms with Gasteiger partial charge < -0.3 is 4.90 Å². The maximum atomic E-state index is 13.2. The molecule has 0 spiro atoms. The van der Waals surface area contributed by atoms with E-state index >= 15 is 0 Å². The number of nitrogens with zero attached hydrogens (tertiary/aromatic N) is 4. The molecule has 0 saturated carbocycles. The number of imide groups is 1. The van der Waals surface area contributed by atoms with Gasteiger partial charge in [-0.15, -0.1) is 5.10 Å². The van der Waals surface area contributed by atoms with Crippen LogP contribution in [0, 0.1) is 0 Å². The molecule has 2 aliphatic heterocycles. The second kappa shape index (κ2) is 8.32. The minimum absolute atomic E-state index is 0.217. The number of hydrogen-bond acceptors (Lipinski definition) is 5. The zero-order valence-corrected chi connectivity index (χ0v) is 18.7. The third-order valence-electron chi connectivity index (χ3n) is 6.59. The molecular weight excluding hydrogens is 442 g/mol. The molecule has 8 nitrogen and oxygen atoms in total. The molecule has 6 rings (SSSR count). The molecule has 0 radical (unpaired) electrons. The number of carbonyl (C=O) groups is 3. The van der Waals surface area contributed by atoms with Crippen LogP contribution in [0.5, 0.6) is 0 Å². The number of aromatic nitrogens is 3. The van der Waals surface area contributed by atoms with Crippen LogP contribution in [0.3, 0.4) is 0 Å². The number of nitrogens with one attached hydrogen (secondary N) is 1. The summed E-state index contributed by atoms with van der Waals surface area (Å²) >= 11 is 0. The number of hydrogen-bond donors (Lipinski definition) is 1. The second-order valence-corrected chi connectivity index (χ2v) is 8.66. The average Bonchev–Trinajstić information content (AvgIpc) is 3.50. The van der Waals surface area contributed by atoms with Gasteiger partial charge in [0.1, 0.15) is 11.7 Å². The number of amides is 3. The highest BCUT2D eigenvalue weighted by Gasteiger charge is 2.40. The van der Waals surface area contributed by atoms with Crippen molar-refractivity contribution in [2.24, 2.45) is 0 Å². The fraction of sp³-hybridized carbons (Fsp3) is 0.148. The summed E-state index contributed by atoms with van der Waals surface area (Å²) in [7, 11) is 0. The van der Waals surface area contributed by atoms with Gasteiger partial charge in [0.05, 0.1) is 11.9 Å².